The first-order valence-corrected chi connectivity index (χ1v) is 3.25. The highest BCUT2D eigenvalue weighted by Crippen LogP contribution is 2.18. The molecule has 2 N–H and O–H groups in total. The molecule has 0 aromatic carbocycles. The first-order chi connectivity index (χ1) is 6.07. The van der Waals surface area contributed by atoms with Crippen LogP contribution in [0.5, 0.6) is 5.75 Å². The van der Waals surface area contributed by atoms with E-state index < -0.39 is 28.9 Å². The summed E-state index contributed by atoms with van der Waals surface area (Å²) < 4.78 is 24.2. The van der Waals surface area contributed by atoms with Crippen LogP contribution in [0.4, 0.5) is 8.78 Å². The van der Waals surface area contributed by atoms with Crippen LogP contribution in [0, 0.1) is 0 Å². The SMILES string of the molecule is O=Cc1c(C(F)F)[nH]cc(O)c1=O. The molecule has 0 fully saturated rings. The van der Waals surface area contributed by atoms with E-state index in [9.17, 15) is 18.4 Å². The van der Waals surface area contributed by atoms with E-state index in [-0.39, 0.29) is 6.29 Å². The Morgan fingerprint density at radius 3 is 2.62 bits per heavy atom. The second kappa shape index (κ2) is 3.34. The molecular formula is C7H5F2NO3. The minimum atomic E-state index is -2.95. The van der Waals surface area contributed by atoms with Gasteiger partial charge in [0.25, 0.3) is 6.43 Å². The fourth-order valence-electron chi connectivity index (χ4n) is 0.847. The summed E-state index contributed by atoms with van der Waals surface area (Å²) in [5.74, 6) is -0.758. The number of aldehydes is 1. The molecule has 1 aromatic rings. The molecule has 0 saturated carbocycles. The minimum Gasteiger partial charge on any atom is -0.503 e. The van der Waals surface area contributed by atoms with Crippen LogP contribution < -0.4 is 5.43 Å². The monoisotopic (exact) mass is 189 g/mol. The second-order valence-corrected chi connectivity index (χ2v) is 2.25. The molecular weight excluding hydrogens is 184 g/mol. The zero-order chi connectivity index (χ0) is 10.0. The highest BCUT2D eigenvalue weighted by molar-refractivity contribution is 5.77. The zero-order valence-corrected chi connectivity index (χ0v) is 6.25. The Balaban J connectivity index is 3.47. The van der Waals surface area contributed by atoms with Gasteiger partial charge in [-0.25, -0.2) is 8.78 Å². The van der Waals surface area contributed by atoms with Crippen molar-refractivity contribution in [2.75, 3.05) is 0 Å². The van der Waals surface area contributed by atoms with Crippen molar-refractivity contribution in [1.82, 2.24) is 4.98 Å². The van der Waals surface area contributed by atoms with Gasteiger partial charge in [0.2, 0.25) is 5.43 Å². The molecule has 0 aliphatic heterocycles. The van der Waals surface area contributed by atoms with Crippen molar-refractivity contribution in [1.29, 1.82) is 0 Å². The first-order valence-electron chi connectivity index (χ1n) is 3.25. The molecule has 0 unspecified atom stereocenters. The highest BCUT2D eigenvalue weighted by atomic mass is 19.3. The summed E-state index contributed by atoms with van der Waals surface area (Å²) in [6, 6.07) is 0. The van der Waals surface area contributed by atoms with Crippen molar-refractivity contribution in [2.24, 2.45) is 0 Å². The predicted octanol–water partition coefficient (Wildman–Crippen LogP) is 0.831. The van der Waals surface area contributed by atoms with Gasteiger partial charge in [-0.3, -0.25) is 9.59 Å². The van der Waals surface area contributed by atoms with Gasteiger partial charge >= 0.3 is 0 Å². The molecule has 70 valence electrons. The zero-order valence-electron chi connectivity index (χ0n) is 6.25. The predicted molar refractivity (Wildman–Crippen MR) is 39.1 cm³/mol. The van der Waals surface area contributed by atoms with E-state index in [1.165, 1.54) is 0 Å². The van der Waals surface area contributed by atoms with Crippen molar-refractivity contribution in [2.45, 2.75) is 6.43 Å². The molecule has 13 heavy (non-hydrogen) atoms. The molecule has 4 nitrogen and oxygen atoms in total. The van der Waals surface area contributed by atoms with Crippen molar-refractivity contribution in [3.63, 3.8) is 0 Å². The van der Waals surface area contributed by atoms with Gasteiger partial charge in [0.15, 0.2) is 12.0 Å². The molecule has 6 heteroatoms. The molecule has 1 rings (SSSR count). The minimum absolute atomic E-state index is 0.0138. The van der Waals surface area contributed by atoms with Gasteiger partial charge in [-0.05, 0) is 0 Å². The Hall–Kier alpha value is -1.72. The number of aromatic hydroxyl groups is 1. The van der Waals surface area contributed by atoms with Crippen LogP contribution in [0.3, 0.4) is 0 Å². The standard InChI is InChI=1S/C7H5F2NO3/c8-7(9)5-3(2-11)6(13)4(12)1-10-5/h1-2,7,12H,(H,10,13). The summed E-state index contributed by atoms with van der Waals surface area (Å²) in [5, 5.41) is 8.79. The molecule has 1 aromatic heterocycles. The highest BCUT2D eigenvalue weighted by Gasteiger charge is 2.17. The summed E-state index contributed by atoms with van der Waals surface area (Å²) in [6.45, 7) is 0. The lowest BCUT2D eigenvalue weighted by Gasteiger charge is -2.02. The van der Waals surface area contributed by atoms with Crippen molar-refractivity contribution in [3.8, 4) is 5.75 Å². The third kappa shape index (κ3) is 1.56. The number of pyridine rings is 1. The average Bonchev–Trinajstić information content (AvgIpc) is 2.09. The third-order valence-electron chi connectivity index (χ3n) is 1.47. The van der Waals surface area contributed by atoms with E-state index in [0.29, 0.717) is 0 Å². The van der Waals surface area contributed by atoms with Crippen molar-refractivity contribution < 1.29 is 18.7 Å². The quantitative estimate of drug-likeness (QED) is 0.677. The van der Waals surface area contributed by atoms with Crippen LogP contribution in [0.2, 0.25) is 0 Å². The Kier molecular flexibility index (Phi) is 2.41. The van der Waals surface area contributed by atoms with E-state index in [0.717, 1.165) is 6.20 Å². The van der Waals surface area contributed by atoms with Crippen LogP contribution in [-0.2, 0) is 0 Å². The lowest BCUT2D eigenvalue weighted by Crippen LogP contribution is -2.13. The Morgan fingerprint density at radius 1 is 1.54 bits per heavy atom. The molecule has 1 heterocycles. The van der Waals surface area contributed by atoms with Crippen LogP contribution in [0.1, 0.15) is 22.5 Å². The second-order valence-electron chi connectivity index (χ2n) is 2.25. The van der Waals surface area contributed by atoms with Gasteiger partial charge in [0, 0.05) is 6.20 Å². The van der Waals surface area contributed by atoms with Gasteiger partial charge in [-0.2, -0.15) is 0 Å². The van der Waals surface area contributed by atoms with Crippen molar-refractivity contribution in [3.05, 3.63) is 27.7 Å². The van der Waals surface area contributed by atoms with Gasteiger partial charge in [0.1, 0.15) is 0 Å². The molecule has 0 spiro atoms. The van der Waals surface area contributed by atoms with E-state index in [2.05, 4.69) is 0 Å². The van der Waals surface area contributed by atoms with Gasteiger partial charge < -0.3 is 10.1 Å². The summed E-state index contributed by atoms with van der Waals surface area (Å²) in [6.07, 6.45) is -2.25. The largest absolute Gasteiger partial charge is 0.503 e. The number of carbonyl (C=O) groups is 1. The fourth-order valence-corrected chi connectivity index (χ4v) is 0.847. The van der Waals surface area contributed by atoms with Gasteiger partial charge in [-0.1, -0.05) is 0 Å². The summed E-state index contributed by atoms with van der Waals surface area (Å²) in [4.78, 5) is 23.1. The number of alkyl halides is 2. The smallest absolute Gasteiger partial charge is 0.279 e. The van der Waals surface area contributed by atoms with Crippen LogP contribution in [-0.4, -0.2) is 16.4 Å². The molecule has 0 atom stereocenters. The number of rotatable bonds is 2. The molecule has 0 bridgehead atoms. The molecule has 0 radical (unpaired) electrons. The van der Waals surface area contributed by atoms with Gasteiger partial charge in [-0.15, -0.1) is 0 Å². The molecule has 0 aliphatic rings. The lowest BCUT2D eigenvalue weighted by molar-refractivity contribution is 0.110. The molecule has 0 aliphatic carbocycles. The summed E-state index contributed by atoms with van der Waals surface area (Å²) in [5.41, 5.74) is -2.61. The Morgan fingerprint density at radius 2 is 2.15 bits per heavy atom. The average molecular weight is 189 g/mol. The number of halogens is 2. The maximum Gasteiger partial charge on any atom is 0.279 e. The maximum absolute atomic E-state index is 12.1. The van der Waals surface area contributed by atoms with Gasteiger partial charge in [0.05, 0.1) is 11.3 Å². The van der Waals surface area contributed by atoms with Crippen LogP contribution >= 0.6 is 0 Å². The maximum atomic E-state index is 12.1. The van der Waals surface area contributed by atoms with Crippen molar-refractivity contribution >= 4 is 6.29 Å². The van der Waals surface area contributed by atoms with E-state index in [1.54, 1.807) is 0 Å². The lowest BCUT2D eigenvalue weighted by atomic mass is 10.2. The number of aromatic nitrogens is 1. The fraction of sp³-hybridized carbons (Fsp3) is 0.143. The number of H-pyrrole nitrogens is 1. The van der Waals surface area contributed by atoms with Crippen LogP contribution in [0.15, 0.2) is 11.0 Å². The van der Waals surface area contributed by atoms with E-state index in [1.807, 2.05) is 4.98 Å². The summed E-state index contributed by atoms with van der Waals surface area (Å²) in [7, 11) is 0. The van der Waals surface area contributed by atoms with E-state index >= 15 is 0 Å². The topological polar surface area (TPSA) is 70.2 Å². The summed E-state index contributed by atoms with van der Waals surface area (Å²) >= 11 is 0. The molecule has 0 amide bonds. The van der Waals surface area contributed by atoms with Crippen LogP contribution in [0.25, 0.3) is 0 Å². The Labute approximate surface area is 70.8 Å². The Bertz CT molecular complexity index is 386. The third-order valence-corrected chi connectivity index (χ3v) is 1.47. The normalized spacial score (nSPS) is 10.4. The number of hydrogen-bond acceptors (Lipinski definition) is 3. The number of nitrogens with one attached hydrogen (secondary N) is 1. The molecule has 0 saturated heterocycles. The number of carbonyl (C=O) groups excluding carboxylic acids is 1. The first kappa shape index (κ1) is 9.37. The number of aromatic amines is 1. The number of hydrogen-bond donors (Lipinski definition) is 2. The van der Waals surface area contributed by atoms with E-state index in [4.69, 9.17) is 5.11 Å².